The molecule has 72 valence electrons. The Morgan fingerprint density at radius 3 is 2.25 bits per heavy atom. The molecule has 2 nitrogen and oxygen atoms in total. The second-order valence-electron chi connectivity index (χ2n) is 4.60. The third kappa shape index (κ3) is 2.76. The Hall–Kier alpha value is -0.0800. The minimum absolute atomic E-state index is 0.525. The molecule has 2 unspecified atom stereocenters. The minimum atomic E-state index is 0.525. The van der Waals surface area contributed by atoms with Crippen molar-refractivity contribution in [1.82, 2.24) is 5.43 Å². The Bertz CT molecular complexity index is 130. The lowest BCUT2D eigenvalue weighted by molar-refractivity contribution is 0.299. The van der Waals surface area contributed by atoms with E-state index in [1.54, 1.807) is 0 Å². The predicted octanol–water partition coefficient (Wildman–Crippen LogP) is 1.91. The highest BCUT2D eigenvalue weighted by Crippen LogP contribution is 2.39. The molecule has 0 saturated heterocycles. The van der Waals surface area contributed by atoms with Crippen molar-refractivity contribution in [3.05, 3.63) is 0 Å². The molecule has 2 atom stereocenters. The van der Waals surface area contributed by atoms with E-state index in [-0.39, 0.29) is 0 Å². The van der Waals surface area contributed by atoms with Crippen molar-refractivity contribution in [2.45, 2.75) is 46.1 Å². The molecule has 1 fully saturated rings. The molecule has 0 amide bonds. The molecule has 1 saturated carbocycles. The van der Waals surface area contributed by atoms with E-state index in [0.717, 1.165) is 17.8 Å². The van der Waals surface area contributed by atoms with E-state index in [2.05, 4.69) is 26.2 Å². The molecule has 12 heavy (non-hydrogen) atoms. The van der Waals surface area contributed by atoms with Gasteiger partial charge in [0, 0.05) is 6.04 Å². The van der Waals surface area contributed by atoms with Crippen LogP contribution in [0, 0.1) is 17.8 Å². The fourth-order valence-electron chi connectivity index (χ4n) is 1.89. The van der Waals surface area contributed by atoms with Crippen LogP contribution >= 0.6 is 0 Å². The number of hydrazine groups is 1. The van der Waals surface area contributed by atoms with E-state index in [0.29, 0.717) is 6.04 Å². The molecule has 0 aliphatic heterocycles. The molecule has 0 bridgehead atoms. The van der Waals surface area contributed by atoms with Gasteiger partial charge in [-0.25, -0.2) is 0 Å². The fraction of sp³-hybridized carbons (Fsp3) is 1.00. The Labute approximate surface area is 75.9 Å². The molecule has 2 heteroatoms. The topological polar surface area (TPSA) is 38.0 Å². The first-order chi connectivity index (χ1) is 5.65. The molecular formula is C10H22N2. The minimum Gasteiger partial charge on any atom is -0.271 e. The summed E-state index contributed by atoms with van der Waals surface area (Å²) in [5.41, 5.74) is 2.95. The summed E-state index contributed by atoms with van der Waals surface area (Å²) in [4.78, 5) is 0. The first-order valence-corrected chi connectivity index (χ1v) is 5.11. The fourth-order valence-corrected chi connectivity index (χ4v) is 1.89. The zero-order valence-corrected chi connectivity index (χ0v) is 8.51. The predicted molar refractivity (Wildman–Crippen MR) is 52.5 cm³/mol. The standard InChI is InChI=1S/C10H22N2/c1-7(2)6-10(12-11)8(3)9-4-5-9/h7-10,12H,4-6,11H2,1-3H3. The highest BCUT2D eigenvalue weighted by molar-refractivity contribution is 4.85. The van der Waals surface area contributed by atoms with E-state index >= 15 is 0 Å². The first-order valence-electron chi connectivity index (χ1n) is 5.11. The molecule has 3 N–H and O–H groups in total. The summed E-state index contributed by atoms with van der Waals surface area (Å²) >= 11 is 0. The molecular weight excluding hydrogens is 148 g/mol. The van der Waals surface area contributed by atoms with Gasteiger partial charge in [-0.3, -0.25) is 11.3 Å². The molecule has 0 aromatic carbocycles. The van der Waals surface area contributed by atoms with Crippen molar-refractivity contribution in [2.24, 2.45) is 23.6 Å². The average Bonchev–Trinajstić information content (AvgIpc) is 2.80. The molecule has 1 aliphatic carbocycles. The monoisotopic (exact) mass is 170 g/mol. The van der Waals surface area contributed by atoms with Gasteiger partial charge in [0.25, 0.3) is 0 Å². The summed E-state index contributed by atoms with van der Waals surface area (Å²) in [6.45, 7) is 6.83. The third-order valence-electron chi connectivity index (χ3n) is 2.94. The van der Waals surface area contributed by atoms with Gasteiger partial charge in [-0.2, -0.15) is 0 Å². The number of nitrogens with one attached hydrogen (secondary N) is 1. The zero-order valence-electron chi connectivity index (χ0n) is 8.51. The van der Waals surface area contributed by atoms with Crippen molar-refractivity contribution in [3.8, 4) is 0 Å². The van der Waals surface area contributed by atoms with Gasteiger partial charge in [0.15, 0.2) is 0 Å². The van der Waals surface area contributed by atoms with Crippen molar-refractivity contribution < 1.29 is 0 Å². The highest BCUT2D eigenvalue weighted by atomic mass is 15.2. The molecule has 0 aromatic rings. The smallest absolute Gasteiger partial charge is 0.0241 e. The van der Waals surface area contributed by atoms with Crippen molar-refractivity contribution in [3.63, 3.8) is 0 Å². The van der Waals surface area contributed by atoms with Crippen LogP contribution in [0.2, 0.25) is 0 Å². The van der Waals surface area contributed by atoms with Crippen LogP contribution in [0.25, 0.3) is 0 Å². The second kappa shape index (κ2) is 4.24. The van der Waals surface area contributed by atoms with Crippen LogP contribution in [-0.2, 0) is 0 Å². The summed E-state index contributed by atoms with van der Waals surface area (Å²) in [6.07, 6.45) is 4.03. The lowest BCUT2D eigenvalue weighted by Gasteiger charge is -2.24. The summed E-state index contributed by atoms with van der Waals surface area (Å²) < 4.78 is 0. The van der Waals surface area contributed by atoms with Crippen molar-refractivity contribution in [1.29, 1.82) is 0 Å². The number of nitrogens with two attached hydrogens (primary N) is 1. The summed E-state index contributed by atoms with van der Waals surface area (Å²) in [6, 6.07) is 0.525. The van der Waals surface area contributed by atoms with E-state index in [1.165, 1.54) is 19.3 Å². The Morgan fingerprint density at radius 1 is 1.33 bits per heavy atom. The molecule has 0 spiro atoms. The van der Waals surface area contributed by atoms with Crippen LogP contribution < -0.4 is 11.3 Å². The van der Waals surface area contributed by atoms with Gasteiger partial charge < -0.3 is 0 Å². The maximum Gasteiger partial charge on any atom is 0.0241 e. The summed E-state index contributed by atoms with van der Waals surface area (Å²) in [5, 5.41) is 0. The highest BCUT2D eigenvalue weighted by Gasteiger charge is 2.32. The first kappa shape index (κ1) is 10.0. The molecule has 1 rings (SSSR count). The number of hydrogen-bond acceptors (Lipinski definition) is 2. The van der Waals surface area contributed by atoms with Gasteiger partial charge in [-0.15, -0.1) is 0 Å². The quantitative estimate of drug-likeness (QED) is 0.488. The molecule has 1 aliphatic rings. The lowest BCUT2D eigenvalue weighted by Crippen LogP contribution is -2.41. The van der Waals surface area contributed by atoms with Gasteiger partial charge in [0.2, 0.25) is 0 Å². The van der Waals surface area contributed by atoms with Crippen LogP contribution in [0.4, 0.5) is 0 Å². The lowest BCUT2D eigenvalue weighted by atomic mass is 9.90. The number of hydrogen-bond donors (Lipinski definition) is 2. The molecule has 0 heterocycles. The Balaban J connectivity index is 2.31. The van der Waals surface area contributed by atoms with Gasteiger partial charge >= 0.3 is 0 Å². The van der Waals surface area contributed by atoms with E-state index in [9.17, 15) is 0 Å². The van der Waals surface area contributed by atoms with Gasteiger partial charge in [0.05, 0.1) is 0 Å². The van der Waals surface area contributed by atoms with Crippen LogP contribution in [-0.4, -0.2) is 6.04 Å². The maximum absolute atomic E-state index is 5.54. The maximum atomic E-state index is 5.54. The van der Waals surface area contributed by atoms with Crippen LogP contribution in [0.5, 0.6) is 0 Å². The van der Waals surface area contributed by atoms with Crippen molar-refractivity contribution >= 4 is 0 Å². The van der Waals surface area contributed by atoms with E-state index < -0.39 is 0 Å². The Morgan fingerprint density at radius 2 is 1.92 bits per heavy atom. The number of rotatable bonds is 5. The van der Waals surface area contributed by atoms with Crippen LogP contribution in [0.3, 0.4) is 0 Å². The van der Waals surface area contributed by atoms with Gasteiger partial charge in [-0.1, -0.05) is 20.8 Å². The SMILES string of the molecule is CC(C)CC(NN)C(C)C1CC1. The summed E-state index contributed by atoms with van der Waals surface area (Å²) in [5.74, 6) is 7.99. The van der Waals surface area contributed by atoms with Gasteiger partial charge in [-0.05, 0) is 37.0 Å². The Kier molecular flexibility index (Phi) is 3.53. The average molecular weight is 170 g/mol. The zero-order chi connectivity index (χ0) is 9.14. The normalized spacial score (nSPS) is 22.8. The molecule has 0 radical (unpaired) electrons. The summed E-state index contributed by atoms with van der Waals surface area (Å²) in [7, 11) is 0. The van der Waals surface area contributed by atoms with Crippen LogP contribution in [0.1, 0.15) is 40.0 Å². The van der Waals surface area contributed by atoms with Crippen molar-refractivity contribution in [2.75, 3.05) is 0 Å². The molecule has 0 aromatic heterocycles. The van der Waals surface area contributed by atoms with E-state index in [4.69, 9.17) is 5.84 Å². The largest absolute Gasteiger partial charge is 0.271 e. The van der Waals surface area contributed by atoms with Gasteiger partial charge in [0.1, 0.15) is 0 Å². The van der Waals surface area contributed by atoms with Crippen LogP contribution in [0.15, 0.2) is 0 Å². The van der Waals surface area contributed by atoms with E-state index in [1.807, 2.05) is 0 Å². The third-order valence-corrected chi connectivity index (χ3v) is 2.94. The second-order valence-corrected chi connectivity index (χ2v) is 4.60.